The molecular formula is C12H13F3O2. The lowest BCUT2D eigenvalue weighted by molar-refractivity contribution is -0.300. The van der Waals surface area contributed by atoms with Crippen molar-refractivity contribution in [1.82, 2.24) is 0 Å². The largest absolute Gasteiger partial charge is 0.420 e. The zero-order chi connectivity index (χ0) is 12.7. The molecule has 2 nitrogen and oxygen atoms in total. The summed E-state index contributed by atoms with van der Waals surface area (Å²) in [5.41, 5.74) is -1.58. The third-order valence-corrected chi connectivity index (χ3v) is 3.27. The fraction of sp³-hybridized carbons (Fsp3) is 0.500. The van der Waals surface area contributed by atoms with Crippen molar-refractivity contribution in [2.24, 2.45) is 0 Å². The first-order valence-electron chi connectivity index (χ1n) is 5.30. The molecule has 17 heavy (non-hydrogen) atoms. The van der Waals surface area contributed by atoms with Crippen molar-refractivity contribution in [3.63, 3.8) is 0 Å². The summed E-state index contributed by atoms with van der Waals surface area (Å²) in [6.07, 6.45) is -6.22. The first kappa shape index (κ1) is 12.4. The molecule has 2 atom stereocenters. The van der Waals surface area contributed by atoms with Gasteiger partial charge in [-0.15, -0.1) is 0 Å². The summed E-state index contributed by atoms with van der Waals surface area (Å²) in [7, 11) is 1.18. The molecule has 0 heterocycles. The maximum Gasteiger partial charge on any atom is 0.420 e. The molecule has 0 aliphatic heterocycles. The van der Waals surface area contributed by atoms with Gasteiger partial charge in [0.2, 0.25) is 0 Å². The van der Waals surface area contributed by atoms with Crippen LogP contribution in [-0.4, -0.2) is 24.0 Å². The van der Waals surface area contributed by atoms with E-state index in [2.05, 4.69) is 0 Å². The normalized spacial score (nSPS) is 28.9. The lowest BCUT2D eigenvalue weighted by Crippen LogP contribution is -2.53. The molecule has 0 radical (unpaired) electrons. The van der Waals surface area contributed by atoms with Gasteiger partial charge in [0.1, 0.15) is 6.10 Å². The Balaban J connectivity index is 2.49. The summed E-state index contributed by atoms with van der Waals surface area (Å²) in [5, 5.41) is 9.86. The minimum Gasteiger partial charge on any atom is -0.378 e. The highest BCUT2D eigenvalue weighted by molar-refractivity contribution is 5.35. The second-order valence-corrected chi connectivity index (χ2v) is 4.24. The van der Waals surface area contributed by atoms with E-state index in [4.69, 9.17) is 4.74 Å². The summed E-state index contributed by atoms with van der Waals surface area (Å²) in [4.78, 5) is 0. The lowest BCUT2D eigenvalue weighted by Gasteiger charge is -2.41. The SMILES string of the molecule is COC1c2ccccc2CCC1(O)C(F)(F)F. The minimum absolute atomic E-state index is 0.200. The highest BCUT2D eigenvalue weighted by Gasteiger charge is 2.60. The van der Waals surface area contributed by atoms with Gasteiger partial charge in [0, 0.05) is 7.11 Å². The van der Waals surface area contributed by atoms with Gasteiger partial charge >= 0.3 is 6.18 Å². The maximum atomic E-state index is 12.9. The van der Waals surface area contributed by atoms with E-state index in [1.54, 1.807) is 24.3 Å². The number of ether oxygens (including phenoxy) is 1. The summed E-state index contributed by atoms with van der Waals surface area (Å²) in [6.45, 7) is 0. The Bertz CT molecular complexity index is 416. The van der Waals surface area contributed by atoms with Gasteiger partial charge in [-0.25, -0.2) is 0 Å². The Morgan fingerprint density at radius 3 is 2.59 bits per heavy atom. The summed E-state index contributed by atoms with van der Waals surface area (Å²) >= 11 is 0. The first-order valence-corrected chi connectivity index (χ1v) is 5.30. The van der Waals surface area contributed by atoms with Crippen molar-refractivity contribution >= 4 is 0 Å². The van der Waals surface area contributed by atoms with Crippen LogP contribution in [0.4, 0.5) is 13.2 Å². The summed E-state index contributed by atoms with van der Waals surface area (Å²) in [5.74, 6) is 0. The molecule has 94 valence electrons. The second-order valence-electron chi connectivity index (χ2n) is 4.24. The van der Waals surface area contributed by atoms with Gasteiger partial charge in [-0.05, 0) is 24.0 Å². The highest BCUT2D eigenvalue weighted by atomic mass is 19.4. The van der Waals surface area contributed by atoms with Gasteiger partial charge in [-0.1, -0.05) is 24.3 Å². The monoisotopic (exact) mass is 246 g/mol. The van der Waals surface area contributed by atoms with Crippen LogP contribution < -0.4 is 0 Å². The smallest absolute Gasteiger partial charge is 0.378 e. The van der Waals surface area contributed by atoms with Crippen molar-refractivity contribution in [3.05, 3.63) is 35.4 Å². The van der Waals surface area contributed by atoms with Gasteiger partial charge in [0.25, 0.3) is 0 Å². The predicted octanol–water partition coefficient (Wildman–Crippen LogP) is 2.61. The van der Waals surface area contributed by atoms with Crippen LogP contribution in [0.1, 0.15) is 23.7 Å². The van der Waals surface area contributed by atoms with E-state index in [0.29, 0.717) is 5.56 Å². The molecule has 2 unspecified atom stereocenters. The number of benzene rings is 1. The molecule has 0 aromatic heterocycles. The van der Waals surface area contributed by atoms with E-state index in [0.717, 1.165) is 5.56 Å². The third-order valence-electron chi connectivity index (χ3n) is 3.27. The number of halogens is 3. The van der Waals surface area contributed by atoms with Crippen LogP contribution in [0, 0.1) is 0 Å². The molecule has 1 N–H and O–H groups in total. The maximum absolute atomic E-state index is 12.9. The molecule has 1 aromatic carbocycles. The molecule has 5 heteroatoms. The number of aliphatic hydroxyl groups is 1. The number of methoxy groups -OCH3 is 1. The average molecular weight is 246 g/mol. The van der Waals surface area contributed by atoms with E-state index in [9.17, 15) is 18.3 Å². The topological polar surface area (TPSA) is 29.5 Å². The molecule has 0 amide bonds. The molecule has 0 fully saturated rings. The zero-order valence-electron chi connectivity index (χ0n) is 9.29. The van der Waals surface area contributed by atoms with Crippen LogP contribution in [-0.2, 0) is 11.2 Å². The molecule has 2 rings (SSSR count). The van der Waals surface area contributed by atoms with Gasteiger partial charge in [-0.3, -0.25) is 0 Å². The highest BCUT2D eigenvalue weighted by Crippen LogP contribution is 2.48. The lowest BCUT2D eigenvalue weighted by atomic mass is 9.77. The molecule has 0 saturated carbocycles. The Morgan fingerprint density at radius 2 is 2.00 bits per heavy atom. The van der Waals surface area contributed by atoms with E-state index in [1.807, 2.05) is 0 Å². The van der Waals surface area contributed by atoms with E-state index < -0.39 is 17.9 Å². The fourth-order valence-electron chi connectivity index (χ4n) is 2.34. The van der Waals surface area contributed by atoms with Crippen LogP contribution in [0.3, 0.4) is 0 Å². The van der Waals surface area contributed by atoms with Crippen LogP contribution in [0.5, 0.6) is 0 Å². The van der Waals surface area contributed by atoms with Crippen molar-refractivity contribution in [1.29, 1.82) is 0 Å². The van der Waals surface area contributed by atoms with Crippen LogP contribution in [0.15, 0.2) is 24.3 Å². The molecule has 1 aromatic rings. The van der Waals surface area contributed by atoms with E-state index in [-0.39, 0.29) is 12.8 Å². The van der Waals surface area contributed by atoms with Crippen LogP contribution >= 0.6 is 0 Å². The molecular weight excluding hydrogens is 233 g/mol. The number of hydrogen-bond donors (Lipinski definition) is 1. The van der Waals surface area contributed by atoms with Crippen molar-refractivity contribution in [3.8, 4) is 0 Å². The third kappa shape index (κ3) is 1.83. The number of rotatable bonds is 1. The van der Waals surface area contributed by atoms with E-state index in [1.165, 1.54) is 7.11 Å². The van der Waals surface area contributed by atoms with Gasteiger partial charge in [-0.2, -0.15) is 13.2 Å². The second kappa shape index (κ2) is 3.99. The Morgan fingerprint density at radius 1 is 1.35 bits per heavy atom. The standard InChI is InChI=1S/C12H13F3O2/c1-17-10-9-5-3-2-4-8(9)6-7-11(10,16)12(13,14)15/h2-5,10,16H,6-7H2,1H3. The quantitative estimate of drug-likeness (QED) is 0.825. The van der Waals surface area contributed by atoms with Crippen LogP contribution in [0.2, 0.25) is 0 Å². The number of fused-ring (bicyclic) bond motifs is 1. The molecule has 0 bridgehead atoms. The van der Waals surface area contributed by atoms with Gasteiger partial charge < -0.3 is 9.84 Å². The average Bonchev–Trinajstić information content (AvgIpc) is 2.27. The number of alkyl halides is 3. The fourth-order valence-corrected chi connectivity index (χ4v) is 2.34. The van der Waals surface area contributed by atoms with Crippen molar-refractivity contribution < 1.29 is 23.0 Å². The Labute approximate surface area is 97.0 Å². The Kier molecular flexibility index (Phi) is 2.91. The molecule has 1 aliphatic carbocycles. The summed E-state index contributed by atoms with van der Waals surface area (Å²) < 4.78 is 43.7. The number of hydrogen-bond acceptors (Lipinski definition) is 2. The van der Waals surface area contributed by atoms with Crippen LogP contribution in [0.25, 0.3) is 0 Å². The predicted molar refractivity (Wildman–Crippen MR) is 55.5 cm³/mol. The summed E-state index contributed by atoms with van der Waals surface area (Å²) in [6, 6.07) is 6.74. The first-order chi connectivity index (χ1) is 7.90. The molecule has 1 aliphatic rings. The molecule has 0 spiro atoms. The van der Waals surface area contributed by atoms with E-state index >= 15 is 0 Å². The van der Waals surface area contributed by atoms with Crippen molar-refractivity contribution in [2.75, 3.05) is 7.11 Å². The van der Waals surface area contributed by atoms with Gasteiger partial charge in [0.15, 0.2) is 5.60 Å². The zero-order valence-corrected chi connectivity index (χ0v) is 9.29. The molecule has 0 saturated heterocycles. The minimum atomic E-state index is -4.69. The van der Waals surface area contributed by atoms with Gasteiger partial charge in [0.05, 0.1) is 0 Å². The number of aryl methyl sites for hydroxylation is 1. The Hall–Kier alpha value is -1.07. The van der Waals surface area contributed by atoms with Crippen molar-refractivity contribution in [2.45, 2.75) is 30.7 Å².